The van der Waals surface area contributed by atoms with E-state index in [-0.39, 0.29) is 71.2 Å². The number of aromatic hydroxyl groups is 2. The Kier molecular flexibility index (Phi) is 12.2. The topological polar surface area (TPSA) is 93.1 Å². The lowest BCUT2D eigenvalue weighted by molar-refractivity contribution is -0.146. The molecule has 0 saturated carbocycles. The van der Waals surface area contributed by atoms with Crippen molar-refractivity contribution in [2.75, 3.05) is 13.2 Å². The summed E-state index contributed by atoms with van der Waals surface area (Å²) in [6, 6.07) is 8.14. The molecule has 0 unspecified atom stereocenters. The summed E-state index contributed by atoms with van der Waals surface area (Å²) in [7, 11) is 0. The summed E-state index contributed by atoms with van der Waals surface area (Å²) < 4.78 is 10.8. The van der Waals surface area contributed by atoms with Crippen molar-refractivity contribution in [1.82, 2.24) is 0 Å². The van der Waals surface area contributed by atoms with Gasteiger partial charge in [0.15, 0.2) is 0 Å². The normalized spacial score (nSPS) is 12.7. The van der Waals surface area contributed by atoms with E-state index in [0.717, 1.165) is 33.4 Å². The summed E-state index contributed by atoms with van der Waals surface area (Å²) in [5.41, 5.74) is 4.94. The van der Waals surface area contributed by atoms with E-state index >= 15 is 0 Å². The van der Waals surface area contributed by atoms with E-state index < -0.39 is 0 Å². The molecule has 0 aliphatic carbocycles. The van der Waals surface area contributed by atoms with Crippen molar-refractivity contribution in [3.05, 3.63) is 57.6 Å². The van der Waals surface area contributed by atoms with Crippen LogP contribution in [-0.2, 0) is 53.6 Å². The van der Waals surface area contributed by atoms with Gasteiger partial charge in [0.1, 0.15) is 11.5 Å². The number of phenols is 2. The highest BCUT2D eigenvalue weighted by molar-refractivity contribution is 5.70. The molecular formula is C38H58O6. The van der Waals surface area contributed by atoms with E-state index in [0.29, 0.717) is 25.7 Å². The van der Waals surface area contributed by atoms with E-state index in [9.17, 15) is 19.8 Å². The highest BCUT2D eigenvalue weighted by atomic mass is 16.5. The van der Waals surface area contributed by atoms with Crippen LogP contribution >= 0.6 is 0 Å². The van der Waals surface area contributed by atoms with Crippen LogP contribution in [0.1, 0.15) is 142 Å². The van der Waals surface area contributed by atoms with Crippen LogP contribution in [0.5, 0.6) is 11.5 Å². The fourth-order valence-corrected chi connectivity index (χ4v) is 4.97. The zero-order valence-electron chi connectivity index (χ0n) is 29.5. The Bertz CT molecular complexity index is 1190. The molecule has 0 atom stereocenters. The van der Waals surface area contributed by atoms with Crippen molar-refractivity contribution < 1.29 is 29.3 Å². The largest absolute Gasteiger partial charge is 0.507 e. The zero-order valence-corrected chi connectivity index (χ0v) is 29.5. The highest BCUT2D eigenvalue weighted by Gasteiger charge is 2.26. The SMILES string of the molecule is CC(C)(C)c1cc(CCC(=O)OCCCCOC(=O)CCc2cc(C(C)(C)C)cc(C(C)(C)C)c2O)c(O)c(C(C)(C)C)c1. The van der Waals surface area contributed by atoms with Gasteiger partial charge in [-0.25, -0.2) is 0 Å². The molecule has 0 radical (unpaired) electrons. The highest BCUT2D eigenvalue weighted by Crippen LogP contribution is 2.39. The number of hydrogen-bond donors (Lipinski definition) is 2. The Morgan fingerprint density at radius 2 is 0.864 bits per heavy atom. The van der Waals surface area contributed by atoms with E-state index in [2.05, 4.69) is 95.2 Å². The van der Waals surface area contributed by atoms with Crippen molar-refractivity contribution in [2.45, 2.75) is 143 Å². The fraction of sp³-hybridized carbons (Fsp3) is 0.632. The maximum absolute atomic E-state index is 12.4. The van der Waals surface area contributed by atoms with Crippen LogP contribution in [-0.4, -0.2) is 35.4 Å². The number of ether oxygens (including phenoxy) is 2. The first-order chi connectivity index (χ1) is 20.0. The lowest BCUT2D eigenvalue weighted by Crippen LogP contribution is -2.18. The summed E-state index contributed by atoms with van der Waals surface area (Å²) in [4.78, 5) is 24.9. The molecule has 0 fully saturated rings. The molecule has 2 aromatic rings. The third-order valence-electron chi connectivity index (χ3n) is 7.99. The molecule has 0 aliphatic rings. The molecule has 0 saturated heterocycles. The molecule has 0 aliphatic heterocycles. The van der Waals surface area contributed by atoms with E-state index in [1.54, 1.807) is 0 Å². The van der Waals surface area contributed by atoms with Crippen molar-refractivity contribution in [3.8, 4) is 11.5 Å². The maximum atomic E-state index is 12.4. The predicted octanol–water partition coefficient (Wildman–Crippen LogP) is 8.72. The molecule has 246 valence electrons. The van der Waals surface area contributed by atoms with Crippen LogP contribution in [0.3, 0.4) is 0 Å². The van der Waals surface area contributed by atoms with Gasteiger partial charge < -0.3 is 19.7 Å². The molecule has 44 heavy (non-hydrogen) atoms. The number of phenolic OH excluding ortho intramolecular Hbond substituents is 2. The van der Waals surface area contributed by atoms with Gasteiger partial charge in [0.2, 0.25) is 0 Å². The lowest BCUT2D eigenvalue weighted by atomic mass is 9.78. The first kappa shape index (κ1) is 37.2. The first-order valence-electron chi connectivity index (χ1n) is 16.1. The summed E-state index contributed by atoms with van der Waals surface area (Å²) in [5, 5.41) is 21.9. The molecular weight excluding hydrogens is 552 g/mol. The Morgan fingerprint density at radius 1 is 0.545 bits per heavy atom. The minimum absolute atomic E-state index is 0.0820. The monoisotopic (exact) mass is 610 g/mol. The number of carbonyl (C=O) groups excluding carboxylic acids is 2. The van der Waals surface area contributed by atoms with Crippen LogP contribution in [0, 0.1) is 0 Å². The number of aryl methyl sites for hydroxylation is 2. The molecule has 2 aromatic carbocycles. The van der Waals surface area contributed by atoms with Crippen molar-refractivity contribution in [3.63, 3.8) is 0 Å². The number of esters is 2. The summed E-state index contributed by atoms with van der Waals surface area (Å²) in [6.45, 7) is 25.8. The Balaban J connectivity index is 1.81. The smallest absolute Gasteiger partial charge is 0.306 e. The number of unbranched alkanes of at least 4 members (excludes halogenated alkanes) is 1. The number of rotatable bonds is 11. The fourth-order valence-electron chi connectivity index (χ4n) is 4.97. The Labute approximate surface area is 266 Å². The minimum atomic E-state index is -0.313. The van der Waals surface area contributed by atoms with Crippen molar-refractivity contribution in [2.24, 2.45) is 0 Å². The average Bonchev–Trinajstić information content (AvgIpc) is 2.86. The van der Waals surface area contributed by atoms with Gasteiger partial charge in [-0.1, -0.05) is 107 Å². The van der Waals surface area contributed by atoms with Gasteiger partial charge in [-0.3, -0.25) is 9.59 Å². The molecule has 0 amide bonds. The summed E-state index contributed by atoms with van der Waals surface area (Å²) in [6.07, 6.45) is 2.34. The van der Waals surface area contributed by atoms with Gasteiger partial charge in [0.25, 0.3) is 0 Å². The van der Waals surface area contributed by atoms with E-state index in [1.807, 2.05) is 12.1 Å². The van der Waals surface area contributed by atoms with Gasteiger partial charge in [0.05, 0.1) is 13.2 Å². The zero-order chi connectivity index (χ0) is 33.7. The molecule has 0 spiro atoms. The summed E-state index contributed by atoms with van der Waals surface area (Å²) >= 11 is 0. The number of hydrogen-bond acceptors (Lipinski definition) is 6. The third-order valence-corrected chi connectivity index (χ3v) is 7.99. The van der Waals surface area contributed by atoms with Crippen LogP contribution in [0.2, 0.25) is 0 Å². The van der Waals surface area contributed by atoms with Crippen molar-refractivity contribution >= 4 is 11.9 Å². The van der Waals surface area contributed by atoms with Gasteiger partial charge in [-0.15, -0.1) is 0 Å². The average molecular weight is 611 g/mol. The quantitative estimate of drug-likeness (QED) is 0.195. The predicted molar refractivity (Wildman–Crippen MR) is 179 cm³/mol. The number of benzene rings is 2. The van der Waals surface area contributed by atoms with E-state index in [4.69, 9.17) is 9.47 Å². The second-order valence-corrected chi connectivity index (χ2v) is 16.2. The Hall–Kier alpha value is -3.02. The van der Waals surface area contributed by atoms with E-state index in [1.165, 1.54) is 0 Å². The van der Waals surface area contributed by atoms with Crippen LogP contribution < -0.4 is 0 Å². The second-order valence-electron chi connectivity index (χ2n) is 16.2. The van der Waals surface area contributed by atoms with Crippen LogP contribution in [0.25, 0.3) is 0 Å². The number of carbonyl (C=O) groups is 2. The second kappa shape index (κ2) is 14.4. The van der Waals surface area contributed by atoms with Gasteiger partial charge in [-0.05, 0) is 80.7 Å². The molecule has 2 rings (SSSR count). The molecule has 0 bridgehead atoms. The molecule has 2 N–H and O–H groups in total. The van der Waals surface area contributed by atoms with Gasteiger partial charge in [0, 0.05) is 12.8 Å². The molecule has 6 heteroatoms. The molecule has 6 nitrogen and oxygen atoms in total. The minimum Gasteiger partial charge on any atom is -0.507 e. The van der Waals surface area contributed by atoms with Gasteiger partial charge >= 0.3 is 11.9 Å². The summed E-state index contributed by atoms with van der Waals surface area (Å²) in [5.74, 6) is -0.114. The standard InChI is InChI=1S/C38H58O6/c1-35(2,3)27-21-25(33(41)29(23-27)37(7,8)9)15-17-31(39)43-19-13-14-20-44-32(40)18-16-26-22-28(36(4,5)6)24-30(34(26)42)38(10,11)12/h21-24,41-42H,13-20H2,1-12H3. The van der Waals surface area contributed by atoms with Gasteiger partial charge in [-0.2, -0.15) is 0 Å². The van der Waals surface area contributed by atoms with Crippen LogP contribution in [0.4, 0.5) is 0 Å². The molecule has 0 aromatic heterocycles. The van der Waals surface area contributed by atoms with Crippen molar-refractivity contribution in [1.29, 1.82) is 0 Å². The Morgan fingerprint density at radius 3 is 1.14 bits per heavy atom. The molecule has 0 heterocycles. The third kappa shape index (κ3) is 10.9. The first-order valence-corrected chi connectivity index (χ1v) is 16.1. The van der Waals surface area contributed by atoms with Crippen LogP contribution in [0.15, 0.2) is 24.3 Å². The lowest BCUT2D eigenvalue weighted by Gasteiger charge is -2.27. The maximum Gasteiger partial charge on any atom is 0.306 e.